The number of carbonyl (C=O) groups is 3. The van der Waals surface area contributed by atoms with Gasteiger partial charge in [0.2, 0.25) is 11.8 Å². The van der Waals surface area contributed by atoms with E-state index in [1.807, 2.05) is 6.07 Å². The number of nitrogens with one attached hydrogen (secondary N) is 2. The quantitative estimate of drug-likeness (QED) is 0.464. The number of benzene rings is 2. The molecule has 30 heavy (non-hydrogen) atoms. The van der Waals surface area contributed by atoms with E-state index < -0.39 is 24.0 Å². The number of carboxylic acid groups (broad SMARTS) is 1. The van der Waals surface area contributed by atoms with Gasteiger partial charge in [-0.25, -0.2) is 4.79 Å². The normalized spacial score (nSPS) is 12.8. The molecule has 0 radical (unpaired) electrons. The fraction of sp³-hybridized carbons (Fsp3) is 0.318. The Morgan fingerprint density at radius 3 is 2.30 bits per heavy atom. The highest BCUT2D eigenvalue weighted by molar-refractivity contribution is 5.89. The number of para-hydroxylation sites is 1. The van der Waals surface area contributed by atoms with Crippen molar-refractivity contribution in [1.82, 2.24) is 15.5 Å². The largest absolute Gasteiger partial charge is 0.508 e. The van der Waals surface area contributed by atoms with Crippen LogP contribution in [0, 0.1) is 0 Å². The number of nitrogens with zero attached hydrogens (tertiary/aromatic N) is 1. The van der Waals surface area contributed by atoms with Crippen LogP contribution in [0.4, 0.5) is 0 Å². The van der Waals surface area contributed by atoms with E-state index in [1.165, 1.54) is 0 Å². The van der Waals surface area contributed by atoms with Crippen LogP contribution in [0.3, 0.4) is 0 Å². The van der Waals surface area contributed by atoms with Crippen LogP contribution in [0.15, 0.2) is 54.6 Å². The van der Waals surface area contributed by atoms with Crippen molar-refractivity contribution in [2.45, 2.75) is 32.0 Å². The minimum Gasteiger partial charge on any atom is -0.508 e. The summed E-state index contributed by atoms with van der Waals surface area (Å²) in [5.74, 6) is -1.95. The topological polar surface area (TPSA) is 119 Å². The predicted octanol–water partition coefficient (Wildman–Crippen LogP) is 1.14. The van der Waals surface area contributed by atoms with Crippen molar-refractivity contribution in [3.8, 4) is 5.75 Å². The Morgan fingerprint density at radius 2 is 1.67 bits per heavy atom. The Kier molecular flexibility index (Phi) is 8.37. The van der Waals surface area contributed by atoms with Gasteiger partial charge >= 0.3 is 5.97 Å². The molecule has 0 aliphatic heterocycles. The molecule has 0 fully saturated rings. The molecule has 0 saturated heterocycles. The molecule has 160 valence electrons. The summed E-state index contributed by atoms with van der Waals surface area (Å²) in [5, 5.41) is 24.2. The Balaban J connectivity index is 1.84. The van der Waals surface area contributed by atoms with E-state index in [1.54, 1.807) is 67.4 Å². The smallest absolute Gasteiger partial charge is 0.326 e. The number of carbonyl (C=O) groups excluding carboxylic acids is 2. The first-order chi connectivity index (χ1) is 14.3. The van der Waals surface area contributed by atoms with Crippen LogP contribution in [0.5, 0.6) is 5.75 Å². The summed E-state index contributed by atoms with van der Waals surface area (Å²) >= 11 is 0. The first-order valence-corrected chi connectivity index (χ1v) is 9.59. The van der Waals surface area contributed by atoms with Gasteiger partial charge in [-0.05, 0) is 25.6 Å². The fourth-order valence-electron chi connectivity index (χ4n) is 2.86. The highest BCUT2D eigenvalue weighted by Crippen LogP contribution is 2.18. The third-order valence-electron chi connectivity index (χ3n) is 4.79. The lowest BCUT2D eigenvalue weighted by molar-refractivity contribution is -0.141. The van der Waals surface area contributed by atoms with Crippen LogP contribution in [0.1, 0.15) is 18.1 Å². The number of phenols is 1. The standard InChI is InChI=1S/C22H27N3O5/c1-15(25(2)14-17-10-6-7-11-19(17)26)21(28)23-13-20(27)24-18(22(29)30)12-16-8-4-3-5-9-16/h3-11,15,18,26H,12-14H2,1-2H3,(H,23,28)(H,24,27)(H,29,30)/t15-,18-/m0/s1. The molecule has 2 atom stereocenters. The molecule has 8 nitrogen and oxygen atoms in total. The highest BCUT2D eigenvalue weighted by atomic mass is 16.4. The van der Waals surface area contributed by atoms with Gasteiger partial charge in [0.25, 0.3) is 0 Å². The van der Waals surface area contributed by atoms with Crippen molar-refractivity contribution in [3.63, 3.8) is 0 Å². The average Bonchev–Trinajstić information content (AvgIpc) is 2.73. The molecule has 2 aromatic carbocycles. The zero-order valence-corrected chi connectivity index (χ0v) is 17.0. The number of phenolic OH excluding ortho intramolecular Hbond substituents is 1. The number of aromatic hydroxyl groups is 1. The van der Waals surface area contributed by atoms with E-state index in [0.29, 0.717) is 12.1 Å². The molecule has 0 saturated carbocycles. The summed E-state index contributed by atoms with van der Waals surface area (Å²) in [7, 11) is 1.73. The van der Waals surface area contributed by atoms with Gasteiger partial charge in [0.1, 0.15) is 11.8 Å². The molecule has 2 amide bonds. The van der Waals surface area contributed by atoms with Crippen LogP contribution in [-0.2, 0) is 27.3 Å². The van der Waals surface area contributed by atoms with Crippen LogP contribution < -0.4 is 10.6 Å². The summed E-state index contributed by atoms with van der Waals surface area (Å²) in [5.41, 5.74) is 1.47. The Morgan fingerprint density at radius 1 is 1.03 bits per heavy atom. The molecular weight excluding hydrogens is 386 g/mol. The fourth-order valence-corrected chi connectivity index (χ4v) is 2.86. The van der Waals surface area contributed by atoms with E-state index in [9.17, 15) is 24.6 Å². The minimum absolute atomic E-state index is 0.148. The lowest BCUT2D eigenvalue weighted by Gasteiger charge is -2.24. The summed E-state index contributed by atoms with van der Waals surface area (Å²) in [4.78, 5) is 37.7. The zero-order valence-electron chi connectivity index (χ0n) is 17.0. The second kappa shape index (κ2) is 11.0. The average molecular weight is 413 g/mol. The molecule has 2 aromatic rings. The van der Waals surface area contributed by atoms with Crippen molar-refractivity contribution in [2.75, 3.05) is 13.6 Å². The van der Waals surface area contributed by atoms with Crippen LogP contribution in [0.2, 0.25) is 0 Å². The Bertz CT molecular complexity index is 872. The zero-order chi connectivity index (χ0) is 22.1. The van der Waals surface area contributed by atoms with Gasteiger partial charge in [0, 0.05) is 18.5 Å². The summed E-state index contributed by atoms with van der Waals surface area (Å²) in [6.07, 6.45) is 0.148. The van der Waals surface area contributed by atoms with Gasteiger partial charge in [0.15, 0.2) is 0 Å². The molecule has 4 N–H and O–H groups in total. The van der Waals surface area contributed by atoms with Crippen LogP contribution >= 0.6 is 0 Å². The van der Waals surface area contributed by atoms with E-state index >= 15 is 0 Å². The number of rotatable bonds is 10. The first-order valence-electron chi connectivity index (χ1n) is 9.59. The molecule has 2 rings (SSSR count). The predicted molar refractivity (Wildman–Crippen MR) is 112 cm³/mol. The number of aliphatic carboxylic acids is 1. The van der Waals surface area contributed by atoms with E-state index in [0.717, 1.165) is 5.56 Å². The maximum atomic E-state index is 12.4. The van der Waals surface area contributed by atoms with Crippen molar-refractivity contribution in [3.05, 3.63) is 65.7 Å². The van der Waals surface area contributed by atoms with Crippen LogP contribution in [-0.4, -0.2) is 58.6 Å². The third-order valence-corrected chi connectivity index (χ3v) is 4.79. The molecule has 0 heterocycles. The second-order valence-electron chi connectivity index (χ2n) is 7.09. The number of likely N-dealkylation sites (N-methyl/N-ethyl adjacent to an activating group) is 1. The first kappa shape index (κ1) is 22.9. The molecule has 8 heteroatoms. The third kappa shape index (κ3) is 6.89. The summed E-state index contributed by atoms with van der Waals surface area (Å²) in [6, 6.07) is 14.2. The van der Waals surface area contributed by atoms with Gasteiger partial charge in [-0.2, -0.15) is 0 Å². The van der Waals surface area contributed by atoms with E-state index in [2.05, 4.69) is 10.6 Å². The van der Waals surface area contributed by atoms with Gasteiger partial charge in [-0.1, -0.05) is 48.5 Å². The molecular formula is C22H27N3O5. The van der Waals surface area contributed by atoms with E-state index in [-0.39, 0.29) is 24.6 Å². The van der Waals surface area contributed by atoms with Gasteiger partial charge in [0.05, 0.1) is 12.6 Å². The minimum atomic E-state index is -1.14. The summed E-state index contributed by atoms with van der Waals surface area (Å²) in [6.45, 7) is 1.71. The highest BCUT2D eigenvalue weighted by Gasteiger charge is 2.22. The van der Waals surface area contributed by atoms with Crippen molar-refractivity contribution in [2.24, 2.45) is 0 Å². The Hall–Kier alpha value is -3.39. The van der Waals surface area contributed by atoms with E-state index in [4.69, 9.17) is 0 Å². The molecule has 0 aliphatic carbocycles. The number of hydrogen-bond acceptors (Lipinski definition) is 5. The maximum absolute atomic E-state index is 12.4. The second-order valence-corrected chi connectivity index (χ2v) is 7.09. The van der Waals surface area contributed by atoms with Crippen LogP contribution in [0.25, 0.3) is 0 Å². The SMILES string of the molecule is C[C@@H](C(=O)NCC(=O)N[C@@H](Cc1ccccc1)C(=O)O)N(C)Cc1ccccc1O. The Labute approximate surface area is 175 Å². The molecule has 0 aromatic heterocycles. The maximum Gasteiger partial charge on any atom is 0.326 e. The van der Waals surface area contributed by atoms with Crippen molar-refractivity contribution < 1.29 is 24.6 Å². The number of carboxylic acids is 1. The molecule has 0 unspecified atom stereocenters. The monoisotopic (exact) mass is 413 g/mol. The number of hydrogen-bond donors (Lipinski definition) is 4. The molecule has 0 bridgehead atoms. The number of amides is 2. The molecule has 0 aliphatic rings. The lowest BCUT2D eigenvalue weighted by atomic mass is 10.1. The van der Waals surface area contributed by atoms with Crippen molar-refractivity contribution >= 4 is 17.8 Å². The van der Waals surface area contributed by atoms with Gasteiger partial charge in [-0.15, -0.1) is 0 Å². The summed E-state index contributed by atoms with van der Waals surface area (Å²) < 4.78 is 0. The van der Waals surface area contributed by atoms with Crippen molar-refractivity contribution in [1.29, 1.82) is 0 Å². The van der Waals surface area contributed by atoms with Gasteiger partial charge in [-0.3, -0.25) is 14.5 Å². The van der Waals surface area contributed by atoms with Gasteiger partial charge < -0.3 is 20.8 Å². The lowest BCUT2D eigenvalue weighted by Crippen LogP contribution is -2.49. The molecule has 0 spiro atoms.